The normalized spacial score (nSPS) is 14.0. The third-order valence-electron chi connectivity index (χ3n) is 9.24. The van der Waals surface area contributed by atoms with Gasteiger partial charge in [-0.15, -0.1) is 0 Å². The van der Waals surface area contributed by atoms with Crippen LogP contribution in [0.5, 0.6) is 0 Å². The number of ether oxygens (including phenoxy) is 2. The van der Waals surface area contributed by atoms with Gasteiger partial charge in [-0.2, -0.15) is 0 Å². The monoisotopic (exact) mass is 723 g/mol. The molecule has 0 fully saturated rings. The first-order chi connectivity index (χ1) is 23.2. The van der Waals surface area contributed by atoms with Gasteiger partial charge in [0.25, 0.3) is 0 Å². The predicted octanol–water partition coefficient (Wildman–Crippen LogP) is 12.3. The molecule has 2 unspecified atom stereocenters. The van der Waals surface area contributed by atoms with Crippen molar-refractivity contribution in [1.82, 2.24) is 0 Å². The first kappa shape index (κ1) is 48.4. The minimum Gasteiger partial charge on any atom is -0.379 e. The number of hydrogen-bond acceptors (Lipinski definition) is 5. The molecule has 0 aromatic heterocycles. The summed E-state index contributed by atoms with van der Waals surface area (Å²) in [5.41, 5.74) is 0. The van der Waals surface area contributed by atoms with E-state index in [-0.39, 0.29) is 12.7 Å². The van der Waals surface area contributed by atoms with Crippen molar-refractivity contribution >= 4 is 18.5 Å². The first-order valence-corrected chi connectivity index (χ1v) is 23.4. The summed E-state index contributed by atoms with van der Waals surface area (Å²) in [6, 6.07) is 0. The van der Waals surface area contributed by atoms with Crippen LogP contribution in [0, 0.1) is 0 Å². The summed E-state index contributed by atoms with van der Waals surface area (Å²) >= 11 is 5.27. The van der Waals surface area contributed by atoms with Crippen LogP contribution in [0.3, 0.4) is 0 Å². The topological polar surface area (TPSA) is 57.2 Å². The van der Waals surface area contributed by atoms with Crippen molar-refractivity contribution in [2.75, 3.05) is 60.7 Å². The summed E-state index contributed by atoms with van der Waals surface area (Å²) in [5.74, 6) is 0. The highest BCUT2D eigenvalue weighted by molar-refractivity contribution is 8.07. The van der Waals surface area contributed by atoms with Gasteiger partial charge in [-0.25, -0.2) is 0 Å². The van der Waals surface area contributed by atoms with Gasteiger partial charge in [0.05, 0.1) is 34.4 Å². The molecule has 0 aromatic rings. The molecule has 0 rings (SSSR count). The lowest BCUT2D eigenvalue weighted by Crippen LogP contribution is -2.37. The van der Waals surface area contributed by atoms with Crippen molar-refractivity contribution in [3.63, 3.8) is 0 Å². The zero-order valence-corrected chi connectivity index (χ0v) is 34.7. The molecule has 0 aliphatic heterocycles. The van der Waals surface area contributed by atoms with Gasteiger partial charge in [0.2, 0.25) is 0 Å². The van der Waals surface area contributed by atoms with Crippen molar-refractivity contribution in [1.29, 1.82) is 0 Å². The Labute approximate surface area is 306 Å². The van der Waals surface area contributed by atoms with Gasteiger partial charge in [0.1, 0.15) is 19.3 Å². The van der Waals surface area contributed by atoms with E-state index in [1.807, 2.05) is 0 Å². The van der Waals surface area contributed by atoms with Gasteiger partial charge < -0.3 is 27.9 Å². The van der Waals surface area contributed by atoms with Crippen LogP contribution in [0.1, 0.15) is 194 Å². The van der Waals surface area contributed by atoms with E-state index in [0.717, 1.165) is 30.5 Å². The maximum absolute atomic E-state index is 10.6. The Morgan fingerprint density at radius 3 is 1.21 bits per heavy atom. The Hall–Kier alpha value is 0.410. The fraction of sp³-hybridized carbons (Fsp3) is 1.00. The summed E-state index contributed by atoms with van der Waals surface area (Å²) in [5, 5.41) is 0. The molecular formula is C40H85NO5PS+. The average molecular weight is 723 g/mol. The molecule has 8 heteroatoms. The minimum absolute atomic E-state index is 0.204. The van der Waals surface area contributed by atoms with Crippen molar-refractivity contribution in [2.24, 2.45) is 0 Å². The molecule has 0 amide bonds. The standard InChI is InChI=1S/C40H84NO5PS/c1-6-8-10-12-14-16-18-20-22-24-26-28-30-32-35-43-38-40(39-46-47(42,48)45-37-34-41(3,4)5)44-36-33-31-29-27-25-23-21-19-17-15-13-11-9-7-2/h40H,6-39H2,1-5H3/p+1. The second-order valence-corrected chi connectivity index (χ2v) is 18.2. The maximum Gasteiger partial charge on any atom is 0.324 e. The van der Waals surface area contributed by atoms with E-state index in [2.05, 4.69) is 35.0 Å². The molecule has 0 aromatic carbocycles. The van der Waals surface area contributed by atoms with Crippen LogP contribution in [0.15, 0.2) is 0 Å². The number of rotatable bonds is 40. The molecule has 290 valence electrons. The molecule has 1 N–H and O–H groups in total. The fourth-order valence-electron chi connectivity index (χ4n) is 5.95. The van der Waals surface area contributed by atoms with Crippen molar-refractivity contribution in [3.05, 3.63) is 0 Å². The number of nitrogens with zero attached hydrogens (tertiary/aromatic N) is 1. The lowest BCUT2D eigenvalue weighted by molar-refractivity contribution is -0.870. The van der Waals surface area contributed by atoms with Crippen LogP contribution in [0.25, 0.3) is 0 Å². The summed E-state index contributed by atoms with van der Waals surface area (Å²) in [7, 11) is 6.25. The molecule has 0 bridgehead atoms. The Kier molecular flexibility index (Phi) is 36.1. The van der Waals surface area contributed by atoms with Gasteiger partial charge in [0, 0.05) is 13.2 Å². The van der Waals surface area contributed by atoms with E-state index < -0.39 is 6.72 Å². The molecule has 2 atom stereocenters. The van der Waals surface area contributed by atoms with E-state index in [0.29, 0.717) is 19.8 Å². The number of unbranched alkanes of at least 4 members (excludes halogenated alkanes) is 26. The molecule has 0 aliphatic rings. The number of hydrogen-bond donors (Lipinski definition) is 1. The van der Waals surface area contributed by atoms with Crippen LogP contribution in [0.4, 0.5) is 0 Å². The largest absolute Gasteiger partial charge is 0.379 e. The van der Waals surface area contributed by atoms with E-state index in [1.54, 1.807) is 0 Å². The van der Waals surface area contributed by atoms with Crippen molar-refractivity contribution in [2.45, 2.75) is 200 Å². The summed E-state index contributed by atoms with van der Waals surface area (Å²) in [4.78, 5) is 10.6. The predicted molar refractivity (Wildman–Crippen MR) is 212 cm³/mol. The minimum atomic E-state index is -3.30. The van der Waals surface area contributed by atoms with E-state index in [9.17, 15) is 4.89 Å². The van der Waals surface area contributed by atoms with Crippen LogP contribution < -0.4 is 0 Å². The molecule has 0 radical (unpaired) electrons. The fourth-order valence-corrected chi connectivity index (χ4v) is 7.10. The van der Waals surface area contributed by atoms with Crippen molar-refractivity contribution < 1.29 is 27.9 Å². The number of likely N-dealkylation sites (N-methyl/N-ethyl adjacent to an activating group) is 1. The van der Waals surface area contributed by atoms with Gasteiger partial charge >= 0.3 is 6.72 Å². The van der Waals surface area contributed by atoms with Gasteiger partial charge in [0.15, 0.2) is 0 Å². The molecule has 0 saturated heterocycles. The zero-order valence-electron chi connectivity index (χ0n) is 33.0. The highest BCUT2D eigenvalue weighted by Gasteiger charge is 2.21. The Morgan fingerprint density at radius 1 is 0.479 bits per heavy atom. The molecule has 6 nitrogen and oxygen atoms in total. The molecular weight excluding hydrogens is 637 g/mol. The Balaban J connectivity index is 4.08. The molecule has 0 saturated carbocycles. The summed E-state index contributed by atoms with van der Waals surface area (Å²) in [6.07, 6.45) is 37.5. The molecule has 0 heterocycles. The van der Waals surface area contributed by atoms with Crippen LogP contribution in [-0.2, 0) is 30.3 Å². The van der Waals surface area contributed by atoms with Crippen LogP contribution >= 0.6 is 6.72 Å². The third-order valence-corrected chi connectivity index (χ3v) is 10.9. The quantitative estimate of drug-likeness (QED) is 0.0386. The highest BCUT2D eigenvalue weighted by atomic mass is 32.5. The lowest BCUT2D eigenvalue weighted by atomic mass is 10.0. The summed E-state index contributed by atoms with van der Waals surface area (Å²) in [6.45, 7) is 4.49. The van der Waals surface area contributed by atoms with Gasteiger partial charge in [-0.1, -0.05) is 181 Å². The zero-order chi connectivity index (χ0) is 35.4. The van der Waals surface area contributed by atoms with E-state index in [4.69, 9.17) is 30.3 Å². The van der Waals surface area contributed by atoms with E-state index >= 15 is 0 Å². The first-order valence-electron chi connectivity index (χ1n) is 20.8. The van der Waals surface area contributed by atoms with E-state index in [1.165, 1.54) is 167 Å². The lowest BCUT2D eigenvalue weighted by Gasteiger charge is -2.25. The van der Waals surface area contributed by atoms with Gasteiger partial charge in [-0.05, 0) is 24.6 Å². The Morgan fingerprint density at radius 2 is 0.833 bits per heavy atom. The average Bonchev–Trinajstić information content (AvgIpc) is 3.04. The molecule has 0 aliphatic carbocycles. The van der Waals surface area contributed by atoms with Crippen molar-refractivity contribution in [3.8, 4) is 0 Å². The third kappa shape index (κ3) is 39.2. The maximum atomic E-state index is 10.6. The Bertz CT molecular complexity index is 693. The van der Waals surface area contributed by atoms with Crippen LogP contribution in [-0.4, -0.2) is 76.2 Å². The van der Waals surface area contributed by atoms with Crippen LogP contribution in [0.2, 0.25) is 0 Å². The summed E-state index contributed by atoms with van der Waals surface area (Å²) < 4.78 is 24.2. The SMILES string of the molecule is CCCCCCCCCCCCCCCCOCC(COP(O)(=S)OCC[N+](C)(C)C)OCCCCCCCCCCCCCCCC. The molecule has 48 heavy (non-hydrogen) atoms. The smallest absolute Gasteiger partial charge is 0.324 e. The second-order valence-electron chi connectivity index (χ2n) is 15.4. The van der Waals surface area contributed by atoms with Gasteiger partial charge in [-0.3, -0.25) is 0 Å². The number of quaternary nitrogens is 1. The highest BCUT2D eigenvalue weighted by Crippen LogP contribution is 2.43. The second kappa shape index (κ2) is 35.8. The molecule has 0 spiro atoms.